The van der Waals surface area contributed by atoms with E-state index in [1.165, 1.54) is 33.3 Å². The van der Waals surface area contributed by atoms with Crippen molar-refractivity contribution >= 4 is 76.4 Å². The number of rotatable bonds is 13. The van der Waals surface area contributed by atoms with Crippen LogP contribution >= 0.6 is 46.7 Å². The summed E-state index contributed by atoms with van der Waals surface area (Å²) in [6.45, 7) is 0.159. The normalized spacial score (nSPS) is 20.9. The van der Waals surface area contributed by atoms with Crippen molar-refractivity contribution in [3.05, 3.63) is 118 Å². The number of benzene rings is 3. The number of nitrogens with two attached hydrogens (primary N) is 1. The summed E-state index contributed by atoms with van der Waals surface area (Å²) in [6, 6.07) is 22.4. The van der Waals surface area contributed by atoms with E-state index in [-0.39, 0.29) is 71.3 Å². The van der Waals surface area contributed by atoms with Gasteiger partial charge < -0.3 is 30.0 Å². The molecule has 0 bridgehead atoms. The molecule has 4 atom stereocenters. The van der Waals surface area contributed by atoms with Gasteiger partial charge in [-0.2, -0.15) is 0 Å². The molecule has 3 N–H and O–H groups in total. The predicted molar refractivity (Wildman–Crippen MR) is 217 cm³/mol. The van der Waals surface area contributed by atoms with Crippen LogP contribution in [-0.2, 0) is 53.1 Å². The molecule has 4 aliphatic heterocycles. The van der Waals surface area contributed by atoms with Gasteiger partial charge in [0.2, 0.25) is 11.8 Å². The lowest BCUT2D eigenvalue weighted by Crippen LogP contribution is -2.70. The molecule has 300 valence electrons. The summed E-state index contributed by atoms with van der Waals surface area (Å²) in [6.07, 6.45) is 0.182. The van der Waals surface area contributed by atoms with E-state index in [0.29, 0.717) is 28.4 Å². The third-order valence-corrected chi connectivity index (χ3v) is 12.8. The maximum Gasteiger partial charge on any atom is 0.355 e. The molecule has 3 aromatic carbocycles. The summed E-state index contributed by atoms with van der Waals surface area (Å²) < 4.78 is 21.1. The lowest BCUT2D eigenvalue weighted by Gasteiger charge is -2.49. The highest BCUT2D eigenvalue weighted by atomic mass is 35.5. The quantitative estimate of drug-likeness (QED) is 0.142. The zero-order valence-electron chi connectivity index (χ0n) is 31.0. The van der Waals surface area contributed by atoms with Crippen LogP contribution in [0.1, 0.15) is 16.7 Å². The number of ether oxygens (including phenoxy) is 4. The van der Waals surface area contributed by atoms with Gasteiger partial charge in [-0.05, 0) is 52.1 Å². The van der Waals surface area contributed by atoms with Crippen LogP contribution in [0.3, 0.4) is 0 Å². The van der Waals surface area contributed by atoms with E-state index in [4.69, 9.17) is 47.9 Å². The van der Waals surface area contributed by atoms with Crippen LogP contribution < -0.4 is 20.5 Å². The molecule has 4 unspecified atom stereocenters. The molecule has 0 aromatic heterocycles. The second-order valence-electron chi connectivity index (χ2n) is 13.1. The van der Waals surface area contributed by atoms with Crippen LogP contribution in [0.25, 0.3) is 0 Å². The standard InChI is InChI=1S/C24H23ClN2O5S.C16H17ClN2O4S/c1-31-18-9-7-16(8-10-18)13-32-24(30)21-17(12-25)14-33-23-20(22(29)27(21)23)26-19(28)11-15-5-3-2-4-6-15;1-22-11-4-2-9(3-5-11)7-23-16(21)13-10(6-17)8-24-15-12(18)14(20)19(13)15/h2-10,20,23H,11-14H2,1H3,(H,26,28);2-5,12,15H,6-8,18H2,1H3. The number of halogens is 2. The molecule has 2 saturated heterocycles. The SMILES string of the molecule is COc1ccc(COC(=O)C2=C(CCl)CSC3C(N)C(=O)N23)cc1.COc1ccc(COC(=O)C2=C(CCl)CSC3C(NC(=O)Cc4ccccc4)C(=O)N23)cc1. The number of hydrogen-bond acceptors (Lipinski definition) is 12. The lowest BCUT2D eigenvalue weighted by molar-refractivity contribution is -0.153. The summed E-state index contributed by atoms with van der Waals surface area (Å²) in [4.78, 5) is 65.6. The van der Waals surface area contributed by atoms with E-state index in [2.05, 4.69) is 5.32 Å². The number of esters is 2. The zero-order chi connectivity index (χ0) is 40.6. The molecule has 3 amide bonds. The van der Waals surface area contributed by atoms with Crippen molar-refractivity contribution in [2.24, 2.45) is 5.73 Å². The first-order valence-corrected chi connectivity index (χ1v) is 20.9. The number of thioether (sulfide) groups is 2. The second-order valence-corrected chi connectivity index (χ2v) is 15.8. The summed E-state index contributed by atoms with van der Waals surface area (Å²) in [7, 11) is 3.16. The Hall–Kier alpha value is -4.67. The lowest BCUT2D eigenvalue weighted by atomic mass is 10.0. The summed E-state index contributed by atoms with van der Waals surface area (Å²) in [5.74, 6) is 0.762. The van der Waals surface area contributed by atoms with Gasteiger partial charge in [0.05, 0.1) is 20.6 Å². The second kappa shape index (κ2) is 19.2. The number of nitrogens with one attached hydrogen (secondary N) is 1. The van der Waals surface area contributed by atoms with Crippen LogP contribution in [-0.4, -0.2) is 99.8 Å². The van der Waals surface area contributed by atoms with Gasteiger partial charge in [0.15, 0.2) is 0 Å². The Kier molecular flexibility index (Phi) is 14.1. The van der Waals surface area contributed by atoms with Crippen molar-refractivity contribution in [2.45, 2.75) is 42.5 Å². The van der Waals surface area contributed by atoms with Crippen molar-refractivity contribution < 1.29 is 42.9 Å². The highest BCUT2D eigenvalue weighted by Gasteiger charge is 2.54. The third kappa shape index (κ3) is 9.39. The first kappa shape index (κ1) is 41.9. The molecular weight excluding hydrogens is 815 g/mol. The zero-order valence-corrected chi connectivity index (χ0v) is 34.1. The van der Waals surface area contributed by atoms with E-state index in [1.54, 1.807) is 50.6 Å². The summed E-state index contributed by atoms with van der Waals surface area (Å²) in [5, 5.41) is 2.22. The van der Waals surface area contributed by atoms with Crippen LogP contribution in [0.4, 0.5) is 0 Å². The molecule has 4 heterocycles. The van der Waals surface area contributed by atoms with Gasteiger partial charge in [0, 0.05) is 23.3 Å². The summed E-state index contributed by atoms with van der Waals surface area (Å²) >= 11 is 15.0. The predicted octanol–water partition coefficient (Wildman–Crippen LogP) is 4.35. The average Bonchev–Trinajstić information content (AvgIpc) is 3.25. The topological polar surface area (TPSA) is 167 Å². The number of carbonyl (C=O) groups excluding carboxylic acids is 5. The van der Waals surface area contributed by atoms with Gasteiger partial charge in [0.1, 0.15) is 58.9 Å². The van der Waals surface area contributed by atoms with E-state index >= 15 is 0 Å². The van der Waals surface area contributed by atoms with Crippen LogP contribution in [0.5, 0.6) is 11.5 Å². The Morgan fingerprint density at radius 3 is 1.65 bits per heavy atom. The maximum absolute atomic E-state index is 12.9. The fourth-order valence-corrected chi connectivity index (χ4v) is 9.63. The molecule has 0 aliphatic carbocycles. The van der Waals surface area contributed by atoms with Gasteiger partial charge in [0.25, 0.3) is 5.91 Å². The monoisotopic (exact) mass is 854 g/mol. The summed E-state index contributed by atoms with van der Waals surface area (Å²) in [5.41, 5.74) is 10.0. The smallest absolute Gasteiger partial charge is 0.355 e. The van der Waals surface area contributed by atoms with E-state index < -0.39 is 24.0 Å². The molecule has 2 fully saturated rings. The number of hydrogen-bond donors (Lipinski definition) is 2. The first-order valence-electron chi connectivity index (χ1n) is 17.7. The number of carbonyl (C=O) groups is 5. The van der Waals surface area contributed by atoms with Crippen molar-refractivity contribution in [3.8, 4) is 11.5 Å². The van der Waals surface area contributed by atoms with Gasteiger partial charge >= 0.3 is 11.9 Å². The minimum atomic E-state index is -0.688. The van der Waals surface area contributed by atoms with Gasteiger partial charge in [-0.3, -0.25) is 24.2 Å². The van der Waals surface area contributed by atoms with Gasteiger partial charge in [-0.25, -0.2) is 9.59 Å². The molecule has 0 saturated carbocycles. The van der Waals surface area contributed by atoms with E-state index in [9.17, 15) is 24.0 Å². The molecule has 0 radical (unpaired) electrons. The van der Waals surface area contributed by atoms with E-state index in [0.717, 1.165) is 22.4 Å². The average molecular weight is 856 g/mol. The van der Waals surface area contributed by atoms with Crippen molar-refractivity contribution in [1.29, 1.82) is 0 Å². The number of alkyl halides is 2. The Morgan fingerprint density at radius 1 is 0.702 bits per heavy atom. The number of amides is 3. The van der Waals surface area contributed by atoms with Crippen molar-refractivity contribution in [2.75, 3.05) is 37.5 Å². The molecule has 7 rings (SSSR count). The highest BCUT2D eigenvalue weighted by Crippen LogP contribution is 2.42. The number of β-lactam (4-membered cyclic amide) rings is 2. The Balaban J connectivity index is 0.000000203. The largest absolute Gasteiger partial charge is 0.497 e. The van der Waals surface area contributed by atoms with Gasteiger partial charge in [-0.15, -0.1) is 46.7 Å². The third-order valence-electron chi connectivity index (χ3n) is 9.43. The molecule has 57 heavy (non-hydrogen) atoms. The highest BCUT2D eigenvalue weighted by molar-refractivity contribution is 8.00. The number of fused-ring (bicyclic) bond motifs is 2. The molecule has 3 aromatic rings. The molecule has 4 aliphatic rings. The van der Waals surface area contributed by atoms with Crippen LogP contribution in [0.15, 0.2) is 101 Å². The first-order chi connectivity index (χ1) is 27.6. The van der Waals surface area contributed by atoms with Gasteiger partial charge in [-0.1, -0.05) is 54.6 Å². The van der Waals surface area contributed by atoms with Crippen LogP contribution in [0, 0.1) is 0 Å². The fraction of sp³-hybridized carbons (Fsp3) is 0.325. The van der Waals surface area contributed by atoms with Crippen LogP contribution in [0.2, 0.25) is 0 Å². The van der Waals surface area contributed by atoms with Crippen molar-refractivity contribution in [1.82, 2.24) is 15.1 Å². The van der Waals surface area contributed by atoms with Crippen molar-refractivity contribution in [3.63, 3.8) is 0 Å². The Morgan fingerprint density at radius 2 is 1.18 bits per heavy atom. The molecule has 0 spiro atoms. The minimum absolute atomic E-state index is 0.0545. The van der Waals surface area contributed by atoms with E-state index in [1.807, 2.05) is 42.5 Å². The Bertz CT molecular complexity index is 2050. The minimum Gasteiger partial charge on any atom is -0.497 e. The number of nitrogens with zero attached hydrogens (tertiary/aromatic N) is 2. The fourth-order valence-electron chi connectivity index (χ4n) is 6.33. The number of methoxy groups -OCH3 is 2. The maximum atomic E-state index is 12.9. The molecule has 17 heteroatoms. The Labute approximate surface area is 348 Å². The molecular formula is C40H40Cl2N4O9S2. The molecule has 13 nitrogen and oxygen atoms in total.